The van der Waals surface area contributed by atoms with Crippen LogP contribution >= 0.6 is 15.9 Å². The molecule has 0 fully saturated rings. The van der Waals surface area contributed by atoms with E-state index in [2.05, 4.69) is 36.4 Å². The molecule has 1 amide bonds. The second kappa shape index (κ2) is 7.14. The van der Waals surface area contributed by atoms with E-state index < -0.39 is 0 Å². The monoisotopic (exact) mass is 400 g/mol. The molecule has 0 unspecified atom stereocenters. The molecule has 3 aromatic rings. The number of aryl methyl sites for hydroxylation is 3. The van der Waals surface area contributed by atoms with E-state index in [0.717, 1.165) is 11.3 Å². The fraction of sp³-hybridized carbons (Fsp3) is 0.222. The molecule has 1 aromatic carbocycles. The topological polar surface area (TPSA) is 80.9 Å². The summed E-state index contributed by atoms with van der Waals surface area (Å²) in [6.45, 7) is 5.74. The van der Waals surface area contributed by atoms with E-state index in [1.807, 2.05) is 45.0 Å². The van der Waals surface area contributed by atoms with Crippen LogP contribution in [0.5, 0.6) is 0 Å². The van der Waals surface area contributed by atoms with E-state index in [1.54, 1.807) is 6.07 Å². The Hall–Kier alpha value is -2.54. The maximum Gasteiger partial charge on any atom is 0.257 e. The second-order valence-electron chi connectivity index (χ2n) is 5.60. The van der Waals surface area contributed by atoms with Gasteiger partial charge in [0.1, 0.15) is 5.82 Å². The highest BCUT2D eigenvalue weighted by Crippen LogP contribution is 2.29. The molecule has 2 heterocycles. The molecule has 7 heteroatoms. The molecule has 0 atom stereocenters. The zero-order chi connectivity index (χ0) is 18.0. The third-order valence-electron chi connectivity index (χ3n) is 3.69. The number of rotatable bonds is 4. The fourth-order valence-corrected chi connectivity index (χ4v) is 2.99. The first kappa shape index (κ1) is 17.3. The minimum Gasteiger partial charge on any atom is -0.339 e. The Morgan fingerprint density at radius 3 is 2.68 bits per heavy atom. The molecule has 0 aliphatic rings. The number of nitrogens with one attached hydrogen (secondary N) is 1. The van der Waals surface area contributed by atoms with Crippen LogP contribution in [-0.2, 0) is 6.42 Å². The van der Waals surface area contributed by atoms with Gasteiger partial charge in [0.05, 0.1) is 11.1 Å². The molecule has 0 aliphatic carbocycles. The smallest absolute Gasteiger partial charge is 0.257 e. The number of amides is 1. The van der Waals surface area contributed by atoms with Crippen LogP contribution in [0.1, 0.15) is 34.4 Å². The van der Waals surface area contributed by atoms with Crippen LogP contribution in [0.25, 0.3) is 11.4 Å². The second-order valence-corrected chi connectivity index (χ2v) is 6.46. The number of carbonyl (C=O) groups is 1. The van der Waals surface area contributed by atoms with Crippen molar-refractivity contribution in [1.82, 2.24) is 15.1 Å². The number of aromatic nitrogens is 3. The molecule has 1 N–H and O–H groups in total. The van der Waals surface area contributed by atoms with Crippen molar-refractivity contribution < 1.29 is 9.32 Å². The van der Waals surface area contributed by atoms with E-state index in [-0.39, 0.29) is 5.91 Å². The highest BCUT2D eigenvalue weighted by atomic mass is 79.9. The summed E-state index contributed by atoms with van der Waals surface area (Å²) in [4.78, 5) is 21.5. The van der Waals surface area contributed by atoms with Gasteiger partial charge >= 0.3 is 0 Å². The summed E-state index contributed by atoms with van der Waals surface area (Å²) in [5, 5.41) is 6.89. The number of carbonyl (C=O) groups excluding carboxylic acids is 1. The first-order chi connectivity index (χ1) is 12.0. The molecular formula is C18H17BrN4O2. The quantitative estimate of drug-likeness (QED) is 0.704. The Morgan fingerprint density at radius 2 is 2.00 bits per heavy atom. The summed E-state index contributed by atoms with van der Waals surface area (Å²) < 4.78 is 5.92. The third-order valence-corrected chi connectivity index (χ3v) is 4.38. The van der Waals surface area contributed by atoms with Gasteiger partial charge in [-0.25, -0.2) is 4.98 Å². The van der Waals surface area contributed by atoms with Crippen molar-refractivity contribution in [3.8, 4) is 11.4 Å². The maximum atomic E-state index is 12.7. The van der Waals surface area contributed by atoms with E-state index in [9.17, 15) is 4.79 Å². The molecule has 0 aliphatic heterocycles. The lowest BCUT2D eigenvalue weighted by Crippen LogP contribution is -2.15. The maximum absolute atomic E-state index is 12.7. The van der Waals surface area contributed by atoms with Gasteiger partial charge in [-0.3, -0.25) is 4.79 Å². The Balaban J connectivity index is 2.03. The largest absolute Gasteiger partial charge is 0.339 e. The number of pyridine rings is 1. The standard InChI is InChI=1S/C18H17BrN4O2/c1-4-14-21-17(23-25-14)15-10(2)9-11(3)20-16(15)22-18(24)12-7-5-6-8-13(12)19/h5-9H,4H2,1-3H3,(H,20,22,24). The Kier molecular flexibility index (Phi) is 4.94. The molecule has 3 rings (SSSR count). The predicted molar refractivity (Wildman–Crippen MR) is 98.5 cm³/mol. The van der Waals surface area contributed by atoms with Crippen molar-refractivity contribution in [1.29, 1.82) is 0 Å². The van der Waals surface area contributed by atoms with Crippen molar-refractivity contribution >= 4 is 27.7 Å². The lowest BCUT2D eigenvalue weighted by molar-refractivity contribution is 0.102. The van der Waals surface area contributed by atoms with Crippen molar-refractivity contribution in [2.75, 3.05) is 5.32 Å². The number of hydrogen-bond acceptors (Lipinski definition) is 5. The first-order valence-corrected chi connectivity index (χ1v) is 8.66. The first-order valence-electron chi connectivity index (χ1n) is 7.86. The Morgan fingerprint density at radius 1 is 1.24 bits per heavy atom. The predicted octanol–water partition coefficient (Wildman–Crippen LogP) is 4.33. The van der Waals surface area contributed by atoms with E-state index in [1.165, 1.54) is 0 Å². The van der Waals surface area contributed by atoms with E-state index in [4.69, 9.17) is 4.52 Å². The summed E-state index contributed by atoms with van der Waals surface area (Å²) in [5.41, 5.74) is 2.90. The van der Waals surface area contributed by atoms with Crippen LogP contribution in [0.2, 0.25) is 0 Å². The molecule has 0 saturated carbocycles. The van der Waals surface area contributed by atoms with Crippen LogP contribution in [0, 0.1) is 13.8 Å². The van der Waals surface area contributed by atoms with Crippen molar-refractivity contribution in [3.63, 3.8) is 0 Å². The highest BCUT2D eigenvalue weighted by Gasteiger charge is 2.19. The number of anilines is 1. The molecular weight excluding hydrogens is 384 g/mol. The van der Waals surface area contributed by atoms with Gasteiger partial charge < -0.3 is 9.84 Å². The molecule has 128 valence electrons. The van der Waals surface area contributed by atoms with Gasteiger partial charge in [0, 0.05) is 16.6 Å². The number of nitrogens with zero attached hydrogens (tertiary/aromatic N) is 3. The average Bonchev–Trinajstić information content (AvgIpc) is 3.03. The number of benzene rings is 1. The lowest BCUT2D eigenvalue weighted by atomic mass is 10.1. The SMILES string of the molecule is CCc1nc(-c2c(C)cc(C)nc2NC(=O)c2ccccc2Br)no1. The van der Waals surface area contributed by atoms with Gasteiger partial charge in [0.15, 0.2) is 0 Å². The summed E-state index contributed by atoms with van der Waals surface area (Å²) in [5.74, 6) is 1.12. The van der Waals surface area contributed by atoms with Crippen LogP contribution in [-0.4, -0.2) is 21.0 Å². The minimum absolute atomic E-state index is 0.259. The summed E-state index contributed by atoms with van der Waals surface area (Å²) in [6.07, 6.45) is 0.643. The minimum atomic E-state index is -0.259. The molecule has 0 bridgehead atoms. The lowest BCUT2D eigenvalue weighted by Gasteiger charge is -2.12. The molecule has 25 heavy (non-hydrogen) atoms. The normalized spacial score (nSPS) is 10.7. The summed E-state index contributed by atoms with van der Waals surface area (Å²) in [6, 6.07) is 9.14. The van der Waals surface area contributed by atoms with Gasteiger partial charge in [0.25, 0.3) is 5.91 Å². The zero-order valence-electron chi connectivity index (χ0n) is 14.1. The van der Waals surface area contributed by atoms with Gasteiger partial charge in [-0.2, -0.15) is 4.98 Å². The average molecular weight is 401 g/mol. The molecule has 6 nitrogen and oxygen atoms in total. The highest BCUT2D eigenvalue weighted by molar-refractivity contribution is 9.10. The molecule has 0 saturated heterocycles. The Bertz CT molecular complexity index is 937. The van der Waals surface area contributed by atoms with Crippen molar-refractivity contribution in [3.05, 3.63) is 57.5 Å². The summed E-state index contributed by atoms with van der Waals surface area (Å²) in [7, 11) is 0. The van der Waals surface area contributed by atoms with Crippen molar-refractivity contribution in [2.24, 2.45) is 0 Å². The molecule has 0 spiro atoms. The third kappa shape index (κ3) is 3.61. The van der Waals surface area contributed by atoms with Gasteiger partial charge in [-0.15, -0.1) is 0 Å². The van der Waals surface area contributed by atoms with Crippen molar-refractivity contribution in [2.45, 2.75) is 27.2 Å². The van der Waals surface area contributed by atoms with Crippen LogP contribution < -0.4 is 5.32 Å². The van der Waals surface area contributed by atoms with Gasteiger partial charge in [0.2, 0.25) is 11.7 Å². The number of hydrogen-bond donors (Lipinski definition) is 1. The fourth-order valence-electron chi connectivity index (χ4n) is 2.53. The zero-order valence-corrected chi connectivity index (χ0v) is 15.7. The summed E-state index contributed by atoms with van der Waals surface area (Å²) >= 11 is 3.39. The number of halogens is 1. The van der Waals surface area contributed by atoms with Gasteiger partial charge in [-0.05, 0) is 53.5 Å². The van der Waals surface area contributed by atoms with E-state index >= 15 is 0 Å². The van der Waals surface area contributed by atoms with Crippen LogP contribution in [0.4, 0.5) is 5.82 Å². The molecule has 0 radical (unpaired) electrons. The van der Waals surface area contributed by atoms with Gasteiger partial charge in [-0.1, -0.05) is 24.2 Å². The molecule has 2 aromatic heterocycles. The Labute approximate surface area is 153 Å². The van der Waals surface area contributed by atoms with Crippen LogP contribution in [0.3, 0.4) is 0 Å². The van der Waals surface area contributed by atoms with Crippen LogP contribution in [0.15, 0.2) is 39.3 Å². The van der Waals surface area contributed by atoms with E-state index in [0.29, 0.717) is 39.6 Å².